The van der Waals surface area contributed by atoms with Gasteiger partial charge < -0.3 is 49.6 Å². The number of carboxylic acids is 1. The fourth-order valence-corrected chi connectivity index (χ4v) is 12.2. The Balaban J connectivity index is 1.04. The molecule has 0 bridgehead atoms. The molecule has 59 heavy (non-hydrogen) atoms. The highest BCUT2D eigenvalue weighted by Crippen LogP contribution is 2.67. The Morgan fingerprint density at radius 3 is 2.63 bits per heavy atom. The summed E-state index contributed by atoms with van der Waals surface area (Å²) < 4.78 is 25.8. The number of aliphatic hydroxyl groups excluding tert-OH is 4. The molecular weight excluding hydrogens is 757 g/mol. The number of ketones is 1. The highest BCUT2D eigenvalue weighted by Gasteiger charge is 2.65. The zero-order valence-electron chi connectivity index (χ0n) is 33.3. The molecule has 10 atom stereocenters. The molecule has 12 nitrogen and oxygen atoms in total. The first-order valence-corrected chi connectivity index (χ1v) is 21.2. The third-order valence-corrected chi connectivity index (χ3v) is 14.6. The number of aryl methyl sites for hydroxylation is 2. The van der Waals surface area contributed by atoms with E-state index in [0.717, 1.165) is 36.8 Å². The number of aromatic hydroxyl groups is 1. The van der Waals surface area contributed by atoms with Crippen LogP contribution in [0.15, 0.2) is 71.3 Å². The lowest BCUT2D eigenvalue weighted by molar-refractivity contribution is -0.326. The van der Waals surface area contributed by atoms with Crippen molar-refractivity contribution in [2.45, 2.75) is 94.9 Å². The Hall–Kier alpha value is -4.14. The standard InChI is InChI=1S/C47H54O12/c1-25-17-29-18-30(44(54)55)19-35(39(29)41(51)37(25)34(50)14-11-26-7-3-2-4-8-26)58-45-42(52)43(53)47(36(21-49)59-45)20-32-31-10-5-9-28-22-56-24-46(40(28)31,15-6-16-48)33-13-12-27(23-57-47)38(32)33/h2-4,7-8,13,17-19,28,31-32,36,40,42-43,45,48-49,51-53H,5-6,9-12,14-16,20-24H2,1H3,(H,54,55)/t28-,31-,32-,36+,40-,42+,43+,45+,46-,47+/m0/s1. The molecule has 3 aliphatic heterocycles. The van der Waals surface area contributed by atoms with Crippen LogP contribution in [0.3, 0.4) is 0 Å². The van der Waals surface area contributed by atoms with Gasteiger partial charge >= 0.3 is 5.97 Å². The predicted molar refractivity (Wildman–Crippen MR) is 215 cm³/mol. The molecule has 0 aromatic heterocycles. The maximum atomic E-state index is 13.7. The van der Waals surface area contributed by atoms with E-state index in [0.29, 0.717) is 55.3 Å². The molecule has 2 saturated heterocycles. The van der Waals surface area contributed by atoms with Gasteiger partial charge in [-0.25, -0.2) is 4.79 Å². The van der Waals surface area contributed by atoms with Crippen molar-refractivity contribution in [3.8, 4) is 11.5 Å². The van der Waals surface area contributed by atoms with Crippen molar-refractivity contribution in [1.82, 2.24) is 0 Å². The minimum Gasteiger partial charge on any atom is -0.506 e. The summed E-state index contributed by atoms with van der Waals surface area (Å²) in [7, 11) is 0. The summed E-state index contributed by atoms with van der Waals surface area (Å²) in [5.74, 6) is -1.29. The van der Waals surface area contributed by atoms with E-state index >= 15 is 0 Å². The van der Waals surface area contributed by atoms with Crippen molar-refractivity contribution in [2.24, 2.45) is 29.1 Å². The van der Waals surface area contributed by atoms with Crippen molar-refractivity contribution in [3.63, 3.8) is 0 Å². The molecule has 12 heteroatoms. The number of rotatable bonds is 11. The molecule has 0 unspecified atom stereocenters. The van der Waals surface area contributed by atoms with E-state index in [-0.39, 0.29) is 71.4 Å². The Kier molecular flexibility index (Phi) is 10.7. The van der Waals surface area contributed by atoms with Crippen LogP contribution in [0.1, 0.15) is 83.2 Å². The number of benzene rings is 3. The quantitative estimate of drug-likeness (QED) is 0.135. The Morgan fingerprint density at radius 2 is 1.86 bits per heavy atom. The summed E-state index contributed by atoms with van der Waals surface area (Å²) in [4.78, 5) is 26.0. The monoisotopic (exact) mass is 810 g/mol. The smallest absolute Gasteiger partial charge is 0.335 e. The second-order valence-electron chi connectivity index (χ2n) is 17.7. The van der Waals surface area contributed by atoms with Gasteiger partial charge in [0.05, 0.1) is 36.3 Å². The van der Waals surface area contributed by atoms with Gasteiger partial charge in [-0.05, 0) is 121 Å². The van der Waals surface area contributed by atoms with Crippen LogP contribution < -0.4 is 4.74 Å². The number of carbonyl (C=O) groups excluding carboxylic acids is 1. The first kappa shape index (κ1) is 40.3. The Bertz CT molecular complexity index is 2190. The number of hydrogen-bond acceptors (Lipinski definition) is 11. The van der Waals surface area contributed by atoms with E-state index in [1.807, 2.05) is 30.3 Å². The molecule has 3 aromatic rings. The number of carbonyl (C=O) groups is 2. The average molecular weight is 811 g/mol. The minimum atomic E-state index is -1.72. The van der Waals surface area contributed by atoms with Crippen LogP contribution in [0, 0.1) is 36.0 Å². The lowest BCUT2D eigenvalue weighted by Gasteiger charge is -2.61. The van der Waals surface area contributed by atoms with E-state index in [4.69, 9.17) is 18.9 Å². The van der Waals surface area contributed by atoms with Gasteiger partial charge in [-0.3, -0.25) is 4.79 Å². The van der Waals surface area contributed by atoms with E-state index in [2.05, 4.69) is 6.08 Å². The normalized spacial score (nSPS) is 33.6. The minimum absolute atomic E-state index is 0.0411. The van der Waals surface area contributed by atoms with E-state index < -0.39 is 48.5 Å². The molecule has 0 amide bonds. The SMILES string of the molecule is Cc1cc2cc(C(=O)O)cc(O[C@@H]3O[C@H](CO)[C@]4(C[C@@H]5C6=C(CC=C6[C@]6(CCCO)COC[C@@H]7CCC[C@@H]5[C@H]76)CO4)[C@H](O)[C@H]3O)c2c(O)c1C(=O)CCc1ccccc1. The number of fused-ring (bicyclic) bond motifs is 3. The van der Waals surface area contributed by atoms with Crippen LogP contribution in [-0.2, 0) is 20.6 Å². The van der Waals surface area contributed by atoms with Crippen molar-refractivity contribution in [2.75, 3.05) is 33.0 Å². The fraction of sp³-hybridized carbons (Fsp3) is 0.532. The number of hydrogen-bond donors (Lipinski definition) is 6. The molecule has 6 N–H and O–H groups in total. The third-order valence-electron chi connectivity index (χ3n) is 14.6. The number of ether oxygens (including phenoxy) is 4. The number of phenols is 1. The molecule has 2 saturated carbocycles. The lowest BCUT2D eigenvalue weighted by Crippen LogP contribution is -2.69. The maximum absolute atomic E-state index is 13.7. The molecule has 3 aromatic carbocycles. The Morgan fingerprint density at radius 1 is 1.05 bits per heavy atom. The van der Waals surface area contributed by atoms with Crippen molar-refractivity contribution in [1.29, 1.82) is 0 Å². The van der Waals surface area contributed by atoms with E-state index in [9.17, 15) is 40.2 Å². The topological polar surface area (TPSA) is 192 Å². The molecule has 0 radical (unpaired) electrons. The number of Topliss-reactive ketones (excluding diaryl/α,β-unsaturated/α-hetero) is 1. The van der Waals surface area contributed by atoms with Gasteiger partial charge in [-0.2, -0.15) is 0 Å². The van der Waals surface area contributed by atoms with Crippen molar-refractivity contribution >= 4 is 22.5 Å². The highest BCUT2D eigenvalue weighted by atomic mass is 16.7. The first-order valence-electron chi connectivity index (χ1n) is 21.2. The van der Waals surface area contributed by atoms with Crippen LogP contribution in [-0.4, -0.2) is 106 Å². The van der Waals surface area contributed by atoms with Crippen LogP contribution in [0.2, 0.25) is 0 Å². The van der Waals surface area contributed by atoms with Crippen molar-refractivity contribution in [3.05, 3.63) is 93.6 Å². The molecule has 6 aliphatic rings. The molecule has 3 aliphatic carbocycles. The van der Waals surface area contributed by atoms with Gasteiger partial charge in [-0.15, -0.1) is 0 Å². The van der Waals surface area contributed by atoms with Gasteiger partial charge in [0.25, 0.3) is 0 Å². The fourth-order valence-electron chi connectivity index (χ4n) is 12.2. The first-order chi connectivity index (χ1) is 28.5. The molecular formula is C47H54O12. The summed E-state index contributed by atoms with van der Waals surface area (Å²) in [5, 5.41) is 67.5. The van der Waals surface area contributed by atoms with E-state index in [1.54, 1.807) is 13.0 Å². The van der Waals surface area contributed by atoms with Gasteiger partial charge in [0.2, 0.25) is 6.29 Å². The molecule has 9 rings (SSSR count). The number of aliphatic hydroxyl groups is 4. The van der Waals surface area contributed by atoms with Crippen LogP contribution in [0.4, 0.5) is 0 Å². The summed E-state index contributed by atoms with van der Waals surface area (Å²) in [6.07, 6.45) is 2.32. The van der Waals surface area contributed by atoms with Gasteiger partial charge in [0, 0.05) is 25.0 Å². The molecule has 4 fully saturated rings. The van der Waals surface area contributed by atoms with Crippen LogP contribution >= 0.6 is 0 Å². The van der Waals surface area contributed by atoms with E-state index in [1.165, 1.54) is 23.3 Å². The summed E-state index contributed by atoms with van der Waals surface area (Å²) in [6.45, 7) is 2.66. The molecule has 314 valence electrons. The number of phenolic OH excluding ortho intramolecular Hbond substituents is 1. The Labute approximate surface area is 343 Å². The van der Waals surface area contributed by atoms with Gasteiger partial charge in [0.1, 0.15) is 35.4 Å². The second kappa shape index (κ2) is 15.7. The van der Waals surface area contributed by atoms with Crippen molar-refractivity contribution < 1.29 is 59.2 Å². The zero-order chi connectivity index (χ0) is 41.2. The number of carboxylic acid groups (broad SMARTS) is 1. The van der Waals surface area contributed by atoms with Gasteiger partial charge in [0.15, 0.2) is 5.78 Å². The number of aromatic carboxylic acids is 1. The summed E-state index contributed by atoms with van der Waals surface area (Å²) in [6, 6.07) is 13.7. The molecule has 3 heterocycles. The van der Waals surface area contributed by atoms with Gasteiger partial charge in [-0.1, -0.05) is 48.9 Å². The molecule has 1 spiro atoms. The highest BCUT2D eigenvalue weighted by molar-refractivity contribution is 6.09. The largest absolute Gasteiger partial charge is 0.506 e. The number of allylic oxidation sites excluding steroid dienone is 2. The summed E-state index contributed by atoms with van der Waals surface area (Å²) >= 11 is 0. The second-order valence-corrected chi connectivity index (χ2v) is 17.7. The maximum Gasteiger partial charge on any atom is 0.335 e. The lowest BCUT2D eigenvalue weighted by atomic mass is 9.46. The van der Waals surface area contributed by atoms with Crippen LogP contribution in [0.5, 0.6) is 11.5 Å². The summed E-state index contributed by atoms with van der Waals surface area (Å²) in [5.41, 5.74) is 3.19. The van der Waals surface area contributed by atoms with Crippen LogP contribution in [0.25, 0.3) is 10.8 Å². The third kappa shape index (κ3) is 6.54. The average Bonchev–Trinajstić information content (AvgIpc) is 3.60. The zero-order valence-corrected chi connectivity index (χ0v) is 33.3. The predicted octanol–water partition coefficient (Wildman–Crippen LogP) is 5.42.